The average molecular weight is 517 g/mol. The molecule has 4 aromatic rings. The van der Waals surface area contributed by atoms with Crippen LogP contribution in [0.2, 0.25) is 0 Å². The van der Waals surface area contributed by atoms with Crippen LogP contribution >= 0.6 is 0 Å². The molecule has 9 nitrogen and oxygen atoms in total. The van der Waals surface area contributed by atoms with Crippen LogP contribution in [-0.4, -0.2) is 85.6 Å². The second-order valence-electron chi connectivity index (χ2n) is 11.3. The molecule has 0 radical (unpaired) electrons. The highest BCUT2D eigenvalue weighted by Gasteiger charge is 2.29. The molecule has 38 heavy (non-hydrogen) atoms. The topological polar surface area (TPSA) is 85.7 Å². The van der Waals surface area contributed by atoms with E-state index in [1.807, 2.05) is 16.5 Å². The Morgan fingerprint density at radius 1 is 1.16 bits per heavy atom. The lowest BCUT2D eigenvalue weighted by atomic mass is 9.95. The number of H-pyrrole nitrogens is 1. The third kappa shape index (κ3) is 4.53. The van der Waals surface area contributed by atoms with E-state index in [0.29, 0.717) is 25.7 Å². The van der Waals surface area contributed by atoms with Crippen LogP contribution in [0.5, 0.6) is 0 Å². The molecule has 0 bridgehead atoms. The van der Waals surface area contributed by atoms with Crippen molar-refractivity contribution in [2.24, 2.45) is 0 Å². The van der Waals surface area contributed by atoms with Crippen LogP contribution in [0.3, 0.4) is 0 Å². The SMILES string of the molecule is Cc1c(-c2[nH]c3ccc(N4CCN(C(=O)CN(C)C(C)C)C[C@H]4C)nc3c2C(C)C)cn2ncnc2c1C. The number of nitrogens with zero attached hydrogens (tertiary/aromatic N) is 7. The highest BCUT2D eigenvalue weighted by molar-refractivity contribution is 5.90. The number of aromatic nitrogens is 5. The van der Waals surface area contributed by atoms with Crippen molar-refractivity contribution in [1.82, 2.24) is 34.4 Å². The Morgan fingerprint density at radius 3 is 2.61 bits per heavy atom. The molecule has 1 saturated heterocycles. The van der Waals surface area contributed by atoms with Gasteiger partial charge in [0.1, 0.15) is 12.1 Å². The highest BCUT2D eigenvalue weighted by Crippen LogP contribution is 2.38. The number of nitrogens with one attached hydrogen (secondary N) is 1. The molecule has 1 atom stereocenters. The minimum atomic E-state index is 0.183. The number of carbonyl (C=O) groups is 1. The van der Waals surface area contributed by atoms with Crippen LogP contribution < -0.4 is 4.90 Å². The number of aromatic amines is 1. The van der Waals surface area contributed by atoms with Crippen molar-refractivity contribution < 1.29 is 4.79 Å². The summed E-state index contributed by atoms with van der Waals surface area (Å²) < 4.78 is 1.85. The molecule has 9 heteroatoms. The molecular weight excluding hydrogens is 476 g/mol. The Balaban J connectivity index is 1.47. The van der Waals surface area contributed by atoms with Crippen LogP contribution in [0.1, 0.15) is 57.2 Å². The second-order valence-corrected chi connectivity index (χ2v) is 11.3. The zero-order chi connectivity index (χ0) is 27.3. The summed E-state index contributed by atoms with van der Waals surface area (Å²) in [7, 11) is 2.01. The predicted molar refractivity (Wildman–Crippen MR) is 153 cm³/mol. The van der Waals surface area contributed by atoms with Gasteiger partial charge in [-0.3, -0.25) is 9.69 Å². The first-order valence-corrected chi connectivity index (χ1v) is 13.6. The number of amides is 1. The Morgan fingerprint density at radius 2 is 1.92 bits per heavy atom. The van der Waals surface area contributed by atoms with Gasteiger partial charge in [0.05, 0.1) is 23.3 Å². The van der Waals surface area contributed by atoms with Crippen LogP contribution in [0, 0.1) is 13.8 Å². The van der Waals surface area contributed by atoms with E-state index < -0.39 is 0 Å². The maximum atomic E-state index is 12.9. The summed E-state index contributed by atoms with van der Waals surface area (Å²) in [6, 6.07) is 4.78. The monoisotopic (exact) mass is 516 g/mol. The van der Waals surface area contributed by atoms with E-state index >= 15 is 0 Å². The number of hydrogen-bond donors (Lipinski definition) is 1. The normalized spacial score (nSPS) is 16.7. The fraction of sp³-hybridized carbons (Fsp3) is 0.517. The maximum Gasteiger partial charge on any atom is 0.236 e. The average Bonchev–Trinajstić information content (AvgIpc) is 3.50. The van der Waals surface area contributed by atoms with E-state index in [9.17, 15) is 4.79 Å². The van der Waals surface area contributed by atoms with Crippen molar-refractivity contribution in [3.05, 3.63) is 41.3 Å². The summed E-state index contributed by atoms with van der Waals surface area (Å²) in [6.45, 7) is 17.7. The standard InChI is InChI=1S/C29H40N8O/c1-17(2)26-27(22-14-37-29(30-16-31-37)21(7)20(22)6)32-23-9-10-24(33-28(23)26)36-12-11-35(13-19(36)5)25(38)15-34(8)18(3)4/h9-10,14,16-19,32H,11-13,15H2,1-8H3/t19-/m1/s1. The molecule has 202 valence electrons. The predicted octanol–water partition coefficient (Wildman–Crippen LogP) is 4.39. The van der Waals surface area contributed by atoms with Crippen LogP contribution in [0.15, 0.2) is 24.7 Å². The van der Waals surface area contributed by atoms with Crippen molar-refractivity contribution in [1.29, 1.82) is 0 Å². The largest absolute Gasteiger partial charge is 0.353 e. The fourth-order valence-corrected chi connectivity index (χ4v) is 5.48. The van der Waals surface area contributed by atoms with Gasteiger partial charge in [-0.1, -0.05) is 13.8 Å². The van der Waals surface area contributed by atoms with E-state index in [1.54, 1.807) is 6.33 Å². The van der Waals surface area contributed by atoms with Crippen molar-refractivity contribution in [2.45, 2.75) is 66.5 Å². The van der Waals surface area contributed by atoms with Gasteiger partial charge in [-0.05, 0) is 70.8 Å². The summed E-state index contributed by atoms with van der Waals surface area (Å²) in [5.41, 5.74) is 8.66. The van der Waals surface area contributed by atoms with Gasteiger partial charge < -0.3 is 14.8 Å². The van der Waals surface area contributed by atoms with Crippen molar-refractivity contribution in [3.8, 4) is 11.3 Å². The quantitative estimate of drug-likeness (QED) is 0.409. The van der Waals surface area contributed by atoms with Crippen molar-refractivity contribution in [3.63, 3.8) is 0 Å². The molecule has 1 N–H and O–H groups in total. The van der Waals surface area contributed by atoms with E-state index in [1.165, 1.54) is 11.1 Å². The van der Waals surface area contributed by atoms with Gasteiger partial charge in [0.2, 0.25) is 5.91 Å². The molecule has 0 aromatic carbocycles. The number of piperazine rings is 1. The van der Waals surface area contributed by atoms with Gasteiger partial charge in [-0.25, -0.2) is 14.5 Å². The molecule has 0 unspecified atom stereocenters. The smallest absolute Gasteiger partial charge is 0.236 e. The number of carbonyl (C=O) groups excluding carboxylic acids is 1. The van der Waals surface area contributed by atoms with E-state index in [-0.39, 0.29) is 17.9 Å². The number of pyridine rings is 2. The van der Waals surface area contributed by atoms with Gasteiger partial charge in [0.25, 0.3) is 0 Å². The summed E-state index contributed by atoms with van der Waals surface area (Å²) in [5.74, 6) is 1.43. The van der Waals surface area contributed by atoms with Gasteiger partial charge in [0, 0.05) is 49.0 Å². The summed E-state index contributed by atoms with van der Waals surface area (Å²) >= 11 is 0. The van der Waals surface area contributed by atoms with Gasteiger partial charge in [-0.15, -0.1) is 0 Å². The summed E-state index contributed by atoms with van der Waals surface area (Å²) in [4.78, 5) is 32.6. The molecule has 0 saturated carbocycles. The molecule has 5 rings (SSSR count). The third-order valence-corrected chi connectivity index (χ3v) is 8.18. The highest BCUT2D eigenvalue weighted by atomic mass is 16.2. The number of fused-ring (bicyclic) bond motifs is 2. The Kier molecular flexibility index (Phi) is 6.90. The molecule has 1 amide bonds. The Labute approximate surface area is 224 Å². The molecule has 1 fully saturated rings. The summed E-state index contributed by atoms with van der Waals surface area (Å²) in [5, 5.41) is 4.40. The van der Waals surface area contributed by atoms with Crippen LogP contribution in [0.25, 0.3) is 27.9 Å². The van der Waals surface area contributed by atoms with Crippen molar-refractivity contribution >= 4 is 28.4 Å². The minimum Gasteiger partial charge on any atom is -0.353 e. The van der Waals surface area contributed by atoms with E-state index in [4.69, 9.17) is 4.98 Å². The third-order valence-electron chi connectivity index (χ3n) is 8.18. The Hall–Kier alpha value is -3.46. The molecule has 4 aromatic heterocycles. The summed E-state index contributed by atoms with van der Waals surface area (Å²) in [6.07, 6.45) is 3.67. The minimum absolute atomic E-state index is 0.183. The lowest BCUT2D eigenvalue weighted by Crippen LogP contribution is -2.55. The zero-order valence-corrected chi connectivity index (χ0v) is 23.9. The first-order chi connectivity index (χ1) is 18.1. The number of rotatable bonds is 6. The zero-order valence-electron chi connectivity index (χ0n) is 23.9. The first-order valence-electron chi connectivity index (χ1n) is 13.6. The molecule has 5 heterocycles. The number of aryl methyl sites for hydroxylation is 1. The van der Waals surface area contributed by atoms with Gasteiger partial charge in [0.15, 0.2) is 5.65 Å². The molecule has 0 spiro atoms. The lowest BCUT2D eigenvalue weighted by Gasteiger charge is -2.41. The molecule has 0 aliphatic carbocycles. The number of anilines is 1. The van der Waals surface area contributed by atoms with Crippen LogP contribution in [-0.2, 0) is 4.79 Å². The molecule has 1 aliphatic rings. The van der Waals surface area contributed by atoms with E-state index in [2.05, 4.69) is 91.7 Å². The first kappa shape index (κ1) is 26.2. The Bertz CT molecular complexity index is 1480. The molecule has 1 aliphatic heterocycles. The maximum absolute atomic E-state index is 12.9. The fourth-order valence-electron chi connectivity index (χ4n) is 5.48. The van der Waals surface area contributed by atoms with Gasteiger partial charge in [-0.2, -0.15) is 5.10 Å². The van der Waals surface area contributed by atoms with Gasteiger partial charge >= 0.3 is 0 Å². The van der Waals surface area contributed by atoms with E-state index in [0.717, 1.165) is 45.9 Å². The van der Waals surface area contributed by atoms with Crippen LogP contribution in [0.4, 0.5) is 5.82 Å². The second kappa shape index (κ2) is 10.0. The lowest BCUT2D eigenvalue weighted by molar-refractivity contribution is -0.133. The number of likely N-dealkylation sites (N-methyl/N-ethyl adjacent to an activating group) is 1. The molecular formula is C29H40N8O. The van der Waals surface area contributed by atoms with Crippen molar-refractivity contribution in [2.75, 3.05) is 38.1 Å². The number of hydrogen-bond acceptors (Lipinski definition) is 6.